The number of halogens is 3. The maximum absolute atomic E-state index is 14.7. The molecule has 1 saturated heterocycles. The highest BCUT2D eigenvalue weighted by atomic mass is 19.3. The molecule has 3 aromatic rings. The number of anilines is 2. The molecule has 1 aliphatic rings. The lowest BCUT2D eigenvalue weighted by Gasteiger charge is -2.29. The monoisotopic (exact) mass is 458 g/mol. The number of rotatable bonds is 6. The number of carbonyl (C=O) groups is 1. The Morgan fingerprint density at radius 2 is 1.82 bits per heavy atom. The van der Waals surface area contributed by atoms with Crippen molar-refractivity contribution in [1.82, 2.24) is 9.97 Å². The Bertz CT molecular complexity index is 1190. The summed E-state index contributed by atoms with van der Waals surface area (Å²) in [5, 5.41) is 3.81. The predicted octanol–water partition coefficient (Wildman–Crippen LogP) is 5.37. The minimum atomic E-state index is -2.90. The van der Waals surface area contributed by atoms with Gasteiger partial charge in [-0.2, -0.15) is 0 Å². The molecule has 1 aliphatic heterocycles. The normalized spacial score (nSPS) is 15.2. The Kier molecular flexibility index (Phi) is 6.40. The zero-order valence-electron chi connectivity index (χ0n) is 18.7. The van der Waals surface area contributed by atoms with E-state index in [4.69, 9.17) is 4.74 Å². The lowest BCUT2D eigenvalue weighted by molar-refractivity contribution is -0.119. The maximum Gasteiger partial charge on any atom is 0.266 e. The lowest BCUT2D eigenvalue weighted by atomic mass is 10.0. The van der Waals surface area contributed by atoms with Crippen LogP contribution in [0.2, 0.25) is 0 Å². The number of methoxy groups -OCH3 is 1. The van der Waals surface area contributed by atoms with E-state index in [0.717, 1.165) is 11.8 Å². The number of hydrogen-bond acceptors (Lipinski definition) is 6. The van der Waals surface area contributed by atoms with Crippen molar-refractivity contribution >= 4 is 28.2 Å². The van der Waals surface area contributed by atoms with E-state index < -0.39 is 23.8 Å². The molecule has 0 spiro atoms. The topological polar surface area (TPSA) is 67.3 Å². The van der Waals surface area contributed by atoms with Crippen molar-refractivity contribution in [3.8, 4) is 5.75 Å². The van der Waals surface area contributed by atoms with Gasteiger partial charge in [0.15, 0.2) is 0 Å². The highest BCUT2D eigenvalue weighted by molar-refractivity contribution is 5.94. The first kappa shape index (κ1) is 22.8. The van der Waals surface area contributed by atoms with Crippen molar-refractivity contribution in [1.29, 1.82) is 0 Å². The van der Waals surface area contributed by atoms with Crippen LogP contribution in [0.3, 0.4) is 0 Å². The molecule has 1 atom stereocenters. The van der Waals surface area contributed by atoms with Gasteiger partial charge in [-0.25, -0.2) is 23.1 Å². The number of nitrogens with zero attached hydrogens (tertiary/aromatic N) is 3. The van der Waals surface area contributed by atoms with E-state index >= 15 is 0 Å². The van der Waals surface area contributed by atoms with Crippen LogP contribution in [0, 0.1) is 12.7 Å². The number of alkyl halides is 2. The highest BCUT2D eigenvalue weighted by Crippen LogP contribution is 2.37. The molecule has 1 fully saturated rings. The molecule has 1 aromatic heterocycles. The summed E-state index contributed by atoms with van der Waals surface area (Å²) in [5.74, 6) is 0.871. The van der Waals surface area contributed by atoms with Gasteiger partial charge < -0.3 is 15.0 Å². The van der Waals surface area contributed by atoms with Crippen molar-refractivity contribution in [2.24, 2.45) is 0 Å². The fourth-order valence-corrected chi connectivity index (χ4v) is 4.13. The molecular formula is C24H25F3N4O2. The Morgan fingerprint density at radius 1 is 1.12 bits per heavy atom. The number of aromatic nitrogens is 2. The third-order valence-electron chi connectivity index (χ3n) is 5.88. The minimum absolute atomic E-state index is 0.124. The van der Waals surface area contributed by atoms with Crippen LogP contribution in [-0.2, 0) is 4.79 Å². The minimum Gasteiger partial charge on any atom is -0.495 e. The van der Waals surface area contributed by atoms with Crippen LogP contribution >= 0.6 is 0 Å². The van der Waals surface area contributed by atoms with Crippen LogP contribution in [0.25, 0.3) is 10.9 Å². The van der Waals surface area contributed by atoms with Gasteiger partial charge in [-0.3, -0.25) is 4.79 Å². The summed E-state index contributed by atoms with van der Waals surface area (Å²) in [7, 11) is 1.57. The molecule has 0 saturated carbocycles. The van der Waals surface area contributed by atoms with Crippen molar-refractivity contribution in [2.45, 2.75) is 39.2 Å². The number of ketones is 1. The largest absolute Gasteiger partial charge is 0.495 e. The molecule has 9 heteroatoms. The Labute approximate surface area is 189 Å². The standard InChI is InChI=1S/C24H25F3N4O2/c1-13(16-5-4-6-17(22(16)25)23(26)27)28-24-18-11-21(33-3)20(12-19(18)29-14(2)30-24)31-9-7-15(32)8-10-31/h4-6,11-13,23H,7-10H2,1-3H3,(H,28,29,30)/t13-/m1/s1. The molecule has 1 N–H and O–H groups in total. The van der Waals surface area contributed by atoms with E-state index in [2.05, 4.69) is 20.2 Å². The predicted molar refractivity (Wildman–Crippen MR) is 121 cm³/mol. The molecule has 0 amide bonds. The quantitative estimate of drug-likeness (QED) is 0.536. The second-order valence-electron chi connectivity index (χ2n) is 8.10. The average molecular weight is 458 g/mol. The third-order valence-corrected chi connectivity index (χ3v) is 5.88. The molecule has 0 radical (unpaired) electrons. The average Bonchev–Trinajstić information content (AvgIpc) is 2.78. The summed E-state index contributed by atoms with van der Waals surface area (Å²) in [6, 6.07) is 7.06. The van der Waals surface area contributed by atoms with Crippen molar-refractivity contribution < 1.29 is 22.7 Å². The Hall–Kier alpha value is -3.36. The molecule has 0 bridgehead atoms. The number of piperidine rings is 1. The SMILES string of the molecule is COc1cc2c(N[C@H](C)c3cccc(C(F)F)c3F)nc(C)nc2cc1N1CCC(=O)CC1. The number of ether oxygens (including phenoxy) is 1. The van der Waals surface area contributed by atoms with Crippen LogP contribution < -0.4 is 15.0 Å². The first-order valence-electron chi connectivity index (χ1n) is 10.7. The van der Waals surface area contributed by atoms with E-state index in [0.29, 0.717) is 54.2 Å². The fraction of sp³-hybridized carbons (Fsp3) is 0.375. The second-order valence-corrected chi connectivity index (χ2v) is 8.10. The van der Waals surface area contributed by atoms with E-state index in [1.807, 2.05) is 12.1 Å². The fourth-order valence-electron chi connectivity index (χ4n) is 4.13. The number of hydrogen-bond donors (Lipinski definition) is 1. The van der Waals surface area contributed by atoms with Crippen LogP contribution in [0.4, 0.5) is 24.7 Å². The van der Waals surface area contributed by atoms with Gasteiger partial charge >= 0.3 is 0 Å². The molecule has 2 aromatic carbocycles. The molecular weight excluding hydrogens is 433 g/mol. The summed E-state index contributed by atoms with van der Waals surface area (Å²) in [6.45, 7) is 4.64. The molecule has 0 unspecified atom stereocenters. The summed E-state index contributed by atoms with van der Waals surface area (Å²) in [6.07, 6.45) is -1.93. The van der Waals surface area contributed by atoms with Crippen LogP contribution in [0.1, 0.15) is 49.2 Å². The van der Waals surface area contributed by atoms with Gasteiger partial charge in [-0.15, -0.1) is 0 Å². The molecule has 33 heavy (non-hydrogen) atoms. The molecule has 6 nitrogen and oxygen atoms in total. The summed E-state index contributed by atoms with van der Waals surface area (Å²) in [4.78, 5) is 22.8. The van der Waals surface area contributed by atoms with Gasteiger partial charge in [0, 0.05) is 36.9 Å². The number of carbonyl (C=O) groups excluding carboxylic acids is 1. The van der Waals surface area contributed by atoms with Crippen LogP contribution in [0.15, 0.2) is 30.3 Å². The number of nitrogens with one attached hydrogen (secondary N) is 1. The van der Waals surface area contributed by atoms with Gasteiger partial charge in [0.05, 0.1) is 29.9 Å². The molecule has 4 rings (SSSR count). The van der Waals surface area contributed by atoms with E-state index in [-0.39, 0.29) is 11.3 Å². The van der Waals surface area contributed by atoms with Gasteiger partial charge in [-0.1, -0.05) is 18.2 Å². The molecule has 2 heterocycles. The first-order valence-corrected chi connectivity index (χ1v) is 10.7. The molecule has 0 aliphatic carbocycles. The van der Waals surface area contributed by atoms with E-state index in [9.17, 15) is 18.0 Å². The van der Waals surface area contributed by atoms with E-state index in [1.54, 1.807) is 21.0 Å². The third kappa shape index (κ3) is 4.58. The van der Waals surface area contributed by atoms with E-state index in [1.165, 1.54) is 12.1 Å². The highest BCUT2D eigenvalue weighted by Gasteiger charge is 2.23. The van der Waals surface area contributed by atoms with Crippen molar-refractivity contribution in [3.05, 3.63) is 53.1 Å². The number of benzene rings is 2. The molecule has 174 valence electrons. The second kappa shape index (κ2) is 9.25. The Balaban J connectivity index is 1.73. The van der Waals surface area contributed by atoms with Crippen molar-refractivity contribution in [2.75, 3.05) is 30.4 Å². The van der Waals surface area contributed by atoms with Crippen molar-refractivity contribution in [3.63, 3.8) is 0 Å². The number of aryl methyl sites for hydroxylation is 1. The van der Waals surface area contributed by atoms with Crippen LogP contribution in [0.5, 0.6) is 5.75 Å². The Morgan fingerprint density at radius 3 is 2.48 bits per heavy atom. The summed E-state index contributed by atoms with van der Waals surface area (Å²) < 4.78 is 46.6. The van der Waals surface area contributed by atoms with Gasteiger partial charge in [0.1, 0.15) is 29.0 Å². The maximum atomic E-state index is 14.7. The summed E-state index contributed by atoms with van der Waals surface area (Å²) in [5.41, 5.74) is 0.993. The van der Waals surface area contributed by atoms with Gasteiger partial charge in [0.2, 0.25) is 0 Å². The van der Waals surface area contributed by atoms with Crippen LogP contribution in [-0.4, -0.2) is 36.0 Å². The zero-order valence-corrected chi connectivity index (χ0v) is 18.7. The zero-order chi connectivity index (χ0) is 23.7. The van der Waals surface area contributed by atoms with Gasteiger partial charge in [-0.05, 0) is 26.0 Å². The summed E-state index contributed by atoms with van der Waals surface area (Å²) >= 11 is 0. The van der Waals surface area contributed by atoms with Gasteiger partial charge in [0.25, 0.3) is 6.43 Å². The number of fused-ring (bicyclic) bond motifs is 1. The number of Topliss-reactive ketones (excluding diaryl/α,β-unsaturated/α-hetero) is 1. The lowest BCUT2D eigenvalue weighted by Crippen LogP contribution is -2.33. The smallest absolute Gasteiger partial charge is 0.266 e. The first-order chi connectivity index (χ1) is 15.8.